The van der Waals surface area contributed by atoms with Gasteiger partial charge in [-0.3, -0.25) is 9.59 Å². The maximum Gasteiger partial charge on any atom is 0.242 e. The highest BCUT2D eigenvalue weighted by Crippen LogP contribution is 2.29. The summed E-state index contributed by atoms with van der Waals surface area (Å²) in [6, 6.07) is 13.2. The molecule has 0 aliphatic rings. The molecule has 0 aliphatic heterocycles. The van der Waals surface area contributed by atoms with Gasteiger partial charge in [-0.15, -0.1) is 0 Å². The van der Waals surface area contributed by atoms with Crippen LogP contribution in [0.25, 0.3) is 0 Å². The molecule has 0 spiro atoms. The van der Waals surface area contributed by atoms with E-state index in [1.807, 2.05) is 63.2 Å². The summed E-state index contributed by atoms with van der Waals surface area (Å²) in [6.07, 6.45) is 0.850. The standard InChI is InChI=1S/C28H40N2O4/c1-7-33-25-15-13-23(17-26(25)34-8-2)14-16-27(31)30(19-24-12-10-9-11-21(24)5)22(6)28(32)29-18-20(3)4/h9-13,15,17,20,22H,7-8,14,16,18-19H2,1-6H3,(H,29,32)/t22-/m0/s1. The van der Waals surface area contributed by atoms with Crippen LogP contribution in [-0.2, 0) is 22.6 Å². The van der Waals surface area contributed by atoms with Crippen molar-refractivity contribution in [1.29, 1.82) is 0 Å². The summed E-state index contributed by atoms with van der Waals surface area (Å²) in [5, 5.41) is 2.97. The van der Waals surface area contributed by atoms with Crippen molar-refractivity contribution in [2.75, 3.05) is 19.8 Å². The van der Waals surface area contributed by atoms with Crippen LogP contribution in [0.2, 0.25) is 0 Å². The number of aryl methyl sites for hydroxylation is 2. The van der Waals surface area contributed by atoms with E-state index in [2.05, 4.69) is 19.2 Å². The summed E-state index contributed by atoms with van der Waals surface area (Å²) >= 11 is 0. The first-order valence-electron chi connectivity index (χ1n) is 12.3. The number of carbonyl (C=O) groups is 2. The quantitative estimate of drug-likeness (QED) is 0.453. The number of ether oxygens (including phenoxy) is 2. The van der Waals surface area contributed by atoms with E-state index in [1.165, 1.54) is 0 Å². The predicted octanol–water partition coefficient (Wildman–Crippen LogP) is 4.91. The Morgan fingerprint density at radius 3 is 2.29 bits per heavy atom. The van der Waals surface area contributed by atoms with Gasteiger partial charge in [-0.2, -0.15) is 0 Å². The number of benzene rings is 2. The zero-order valence-electron chi connectivity index (χ0n) is 21.5. The van der Waals surface area contributed by atoms with Crippen LogP contribution in [-0.4, -0.2) is 42.5 Å². The Morgan fingerprint density at radius 1 is 0.971 bits per heavy atom. The van der Waals surface area contributed by atoms with Gasteiger partial charge in [0.25, 0.3) is 0 Å². The molecule has 2 rings (SSSR count). The number of nitrogens with one attached hydrogen (secondary N) is 1. The molecule has 2 amide bonds. The third-order valence-corrected chi connectivity index (χ3v) is 5.69. The average Bonchev–Trinajstić information content (AvgIpc) is 2.81. The largest absolute Gasteiger partial charge is 0.490 e. The van der Waals surface area contributed by atoms with Crippen LogP contribution in [0.4, 0.5) is 0 Å². The third kappa shape index (κ3) is 8.08. The second kappa shape index (κ2) is 13.6. The zero-order valence-corrected chi connectivity index (χ0v) is 21.5. The molecule has 0 saturated carbocycles. The van der Waals surface area contributed by atoms with Crippen LogP contribution in [0.5, 0.6) is 11.5 Å². The molecule has 0 unspecified atom stereocenters. The normalized spacial score (nSPS) is 11.7. The Balaban J connectivity index is 2.18. The summed E-state index contributed by atoms with van der Waals surface area (Å²) < 4.78 is 11.4. The first-order valence-corrected chi connectivity index (χ1v) is 12.3. The fourth-order valence-electron chi connectivity index (χ4n) is 3.65. The molecule has 0 heterocycles. The molecule has 186 valence electrons. The van der Waals surface area contributed by atoms with Gasteiger partial charge in [-0.05, 0) is 68.9 Å². The van der Waals surface area contributed by atoms with Crippen molar-refractivity contribution in [3.05, 3.63) is 59.2 Å². The van der Waals surface area contributed by atoms with E-state index in [4.69, 9.17) is 9.47 Å². The number of carbonyl (C=O) groups excluding carboxylic acids is 2. The summed E-state index contributed by atoms with van der Waals surface area (Å²) in [5.41, 5.74) is 3.13. The van der Waals surface area contributed by atoms with E-state index >= 15 is 0 Å². The smallest absolute Gasteiger partial charge is 0.242 e. The Bertz CT molecular complexity index is 942. The Hall–Kier alpha value is -3.02. The van der Waals surface area contributed by atoms with E-state index in [0.29, 0.717) is 56.6 Å². The number of nitrogens with zero attached hydrogens (tertiary/aromatic N) is 1. The molecule has 0 fully saturated rings. The van der Waals surface area contributed by atoms with Crippen LogP contribution in [0, 0.1) is 12.8 Å². The summed E-state index contributed by atoms with van der Waals surface area (Å²) in [4.78, 5) is 27.9. The Morgan fingerprint density at radius 2 is 1.65 bits per heavy atom. The van der Waals surface area contributed by atoms with Crippen molar-refractivity contribution in [2.24, 2.45) is 5.92 Å². The van der Waals surface area contributed by atoms with Crippen LogP contribution in [0.3, 0.4) is 0 Å². The maximum atomic E-state index is 13.4. The maximum absolute atomic E-state index is 13.4. The molecule has 1 atom stereocenters. The topological polar surface area (TPSA) is 67.9 Å². The highest BCUT2D eigenvalue weighted by molar-refractivity contribution is 5.87. The lowest BCUT2D eigenvalue weighted by Crippen LogP contribution is -2.48. The van der Waals surface area contributed by atoms with Gasteiger partial charge in [0.1, 0.15) is 6.04 Å². The van der Waals surface area contributed by atoms with Crippen molar-refractivity contribution < 1.29 is 19.1 Å². The van der Waals surface area contributed by atoms with Crippen LogP contribution in [0.1, 0.15) is 57.7 Å². The Labute approximate surface area is 204 Å². The van der Waals surface area contributed by atoms with Crippen LogP contribution in [0.15, 0.2) is 42.5 Å². The SMILES string of the molecule is CCOc1ccc(CCC(=O)N(Cc2ccccc2C)[C@@H](C)C(=O)NCC(C)C)cc1OCC. The molecular formula is C28H40N2O4. The van der Waals surface area contributed by atoms with Gasteiger partial charge >= 0.3 is 0 Å². The van der Waals surface area contributed by atoms with Crippen molar-refractivity contribution in [3.8, 4) is 11.5 Å². The molecule has 0 bridgehead atoms. The molecule has 6 nitrogen and oxygen atoms in total. The minimum absolute atomic E-state index is 0.0534. The average molecular weight is 469 g/mol. The number of hydrogen-bond acceptors (Lipinski definition) is 4. The molecule has 0 aliphatic carbocycles. The van der Waals surface area contributed by atoms with E-state index in [1.54, 1.807) is 11.8 Å². The van der Waals surface area contributed by atoms with Crippen LogP contribution < -0.4 is 14.8 Å². The second-order valence-corrected chi connectivity index (χ2v) is 8.91. The summed E-state index contributed by atoms with van der Waals surface area (Å²) in [6.45, 7) is 13.9. The van der Waals surface area contributed by atoms with Gasteiger partial charge in [0.05, 0.1) is 13.2 Å². The Kier molecular flexibility index (Phi) is 10.9. The molecule has 2 aromatic rings. The van der Waals surface area contributed by atoms with Crippen molar-refractivity contribution in [1.82, 2.24) is 10.2 Å². The van der Waals surface area contributed by atoms with E-state index in [9.17, 15) is 9.59 Å². The molecule has 2 aromatic carbocycles. The minimum atomic E-state index is -0.565. The minimum Gasteiger partial charge on any atom is -0.490 e. The fourth-order valence-corrected chi connectivity index (χ4v) is 3.65. The van der Waals surface area contributed by atoms with Gasteiger partial charge in [0, 0.05) is 19.5 Å². The highest BCUT2D eigenvalue weighted by atomic mass is 16.5. The lowest BCUT2D eigenvalue weighted by molar-refractivity contribution is -0.140. The molecule has 0 saturated heterocycles. The fraction of sp³-hybridized carbons (Fsp3) is 0.500. The van der Waals surface area contributed by atoms with E-state index in [-0.39, 0.29) is 11.8 Å². The van der Waals surface area contributed by atoms with Gasteiger partial charge in [-0.1, -0.05) is 44.2 Å². The number of hydrogen-bond donors (Lipinski definition) is 1. The highest BCUT2D eigenvalue weighted by Gasteiger charge is 2.26. The molecule has 34 heavy (non-hydrogen) atoms. The van der Waals surface area contributed by atoms with Gasteiger partial charge in [0.15, 0.2) is 11.5 Å². The molecular weight excluding hydrogens is 428 g/mol. The first kappa shape index (κ1) is 27.2. The lowest BCUT2D eigenvalue weighted by Gasteiger charge is -2.29. The van der Waals surface area contributed by atoms with E-state index in [0.717, 1.165) is 16.7 Å². The predicted molar refractivity (Wildman–Crippen MR) is 136 cm³/mol. The summed E-state index contributed by atoms with van der Waals surface area (Å²) in [5.74, 6) is 1.55. The van der Waals surface area contributed by atoms with Crippen LogP contribution >= 0.6 is 0 Å². The van der Waals surface area contributed by atoms with Crippen molar-refractivity contribution in [3.63, 3.8) is 0 Å². The number of amides is 2. The monoisotopic (exact) mass is 468 g/mol. The molecule has 6 heteroatoms. The first-order chi connectivity index (χ1) is 16.3. The lowest BCUT2D eigenvalue weighted by atomic mass is 10.0. The second-order valence-electron chi connectivity index (χ2n) is 8.91. The zero-order chi connectivity index (χ0) is 25.1. The van der Waals surface area contributed by atoms with E-state index < -0.39 is 6.04 Å². The molecule has 0 aromatic heterocycles. The van der Waals surface area contributed by atoms with Gasteiger partial charge in [0.2, 0.25) is 11.8 Å². The van der Waals surface area contributed by atoms with Gasteiger partial charge in [-0.25, -0.2) is 0 Å². The molecule has 1 N–H and O–H groups in total. The number of rotatable bonds is 13. The van der Waals surface area contributed by atoms with Crippen molar-refractivity contribution in [2.45, 2.75) is 67.0 Å². The third-order valence-electron chi connectivity index (χ3n) is 5.69. The summed E-state index contributed by atoms with van der Waals surface area (Å²) in [7, 11) is 0. The van der Waals surface area contributed by atoms with Gasteiger partial charge < -0.3 is 19.7 Å². The molecule has 0 radical (unpaired) electrons. The van der Waals surface area contributed by atoms with Crippen molar-refractivity contribution >= 4 is 11.8 Å².